The molecule has 2 rings (SSSR count). The SMILES string of the molecule is OCCOC1(O)CC1CCCCc1ccco1. The van der Waals surface area contributed by atoms with Gasteiger partial charge in [0.1, 0.15) is 5.76 Å². The third-order valence-electron chi connectivity index (χ3n) is 3.27. The fraction of sp³-hybridized carbons (Fsp3) is 0.692. The first-order valence-corrected chi connectivity index (χ1v) is 6.24. The van der Waals surface area contributed by atoms with Gasteiger partial charge in [-0.15, -0.1) is 0 Å². The van der Waals surface area contributed by atoms with Gasteiger partial charge in [-0.3, -0.25) is 0 Å². The molecular weight excluding hydrogens is 220 g/mol. The van der Waals surface area contributed by atoms with E-state index >= 15 is 0 Å². The monoisotopic (exact) mass is 240 g/mol. The molecule has 1 aliphatic carbocycles. The van der Waals surface area contributed by atoms with Crippen molar-refractivity contribution >= 4 is 0 Å². The summed E-state index contributed by atoms with van der Waals surface area (Å²) in [7, 11) is 0. The summed E-state index contributed by atoms with van der Waals surface area (Å²) in [6.45, 7) is 0.187. The summed E-state index contributed by atoms with van der Waals surface area (Å²) in [5, 5.41) is 18.5. The minimum atomic E-state index is -0.951. The minimum absolute atomic E-state index is 0.0342. The predicted molar refractivity (Wildman–Crippen MR) is 62.4 cm³/mol. The number of aliphatic hydroxyl groups excluding tert-OH is 1. The maximum absolute atomic E-state index is 9.85. The molecule has 4 heteroatoms. The van der Waals surface area contributed by atoms with Gasteiger partial charge >= 0.3 is 0 Å². The largest absolute Gasteiger partial charge is 0.469 e. The molecule has 4 nitrogen and oxygen atoms in total. The Morgan fingerprint density at radius 1 is 1.47 bits per heavy atom. The molecule has 1 heterocycles. The molecule has 1 aliphatic rings. The van der Waals surface area contributed by atoms with E-state index in [2.05, 4.69) is 0 Å². The van der Waals surface area contributed by atoms with E-state index in [0.717, 1.165) is 31.4 Å². The Hall–Kier alpha value is -0.840. The van der Waals surface area contributed by atoms with E-state index in [4.69, 9.17) is 14.3 Å². The first-order chi connectivity index (χ1) is 8.24. The zero-order chi connectivity index (χ0) is 12.1. The van der Waals surface area contributed by atoms with Crippen LogP contribution in [-0.4, -0.2) is 29.2 Å². The Morgan fingerprint density at radius 3 is 3.06 bits per heavy atom. The Bertz CT molecular complexity index is 322. The number of hydrogen-bond donors (Lipinski definition) is 2. The van der Waals surface area contributed by atoms with Crippen LogP contribution >= 0.6 is 0 Å². The zero-order valence-electron chi connectivity index (χ0n) is 9.97. The molecule has 1 saturated carbocycles. The molecule has 0 amide bonds. The van der Waals surface area contributed by atoms with Crippen LogP contribution in [0.4, 0.5) is 0 Å². The fourth-order valence-electron chi connectivity index (χ4n) is 2.17. The highest BCUT2D eigenvalue weighted by Gasteiger charge is 2.53. The molecule has 1 aromatic heterocycles. The Kier molecular flexibility index (Phi) is 4.20. The summed E-state index contributed by atoms with van der Waals surface area (Å²) in [6.07, 6.45) is 6.46. The van der Waals surface area contributed by atoms with E-state index in [1.54, 1.807) is 6.26 Å². The normalized spacial score (nSPS) is 27.3. The number of unbranched alkanes of at least 4 members (excludes halogenated alkanes) is 1. The Balaban J connectivity index is 1.55. The summed E-state index contributed by atoms with van der Waals surface area (Å²) >= 11 is 0. The van der Waals surface area contributed by atoms with Gasteiger partial charge in [0.15, 0.2) is 5.79 Å². The topological polar surface area (TPSA) is 62.8 Å². The van der Waals surface area contributed by atoms with Crippen LogP contribution in [-0.2, 0) is 11.2 Å². The molecule has 0 radical (unpaired) electrons. The highest BCUT2D eigenvalue weighted by Crippen LogP contribution is 2.47. The number of hydrogen-bond acceptors (Lipinski definition) is 4. The molecule has 0 aliphatic heterocycles. The summed E-state index contributed by atoms with van der Waals surface area (Å²) in [6, 6.07) is 3.88. The van der Waals surface area contributed by atoms with Gasteiger partial charge in [0, 0.05) is 18.8 Å². The van der Waals surface area contributed by atoms with Gasteiger partial charge in [-0.1, -0.05) is 6.42 Å². The van der Waals surface area contributed by atoms with Crippen molar-refractivity contribution in [3.05, 3.63) is 24.2 Å². The number of aliphatic hydroxyl groups is 2. The Labute approximate surface area is 101 Å². The molecule has 0 bridgehead atoms. The second kappa shape index (κ2) is 5.67. The third-order valence-corrected chi connectivity index (χ3v) is 3.27. The maximum Gasteiger partial charge on any atom is 0.169 e. The van der Waals surface area contributed by atoms with Gasteiger partial charge in [0.05, 0.1) is 19.5 Å². The highest BCUT2D eigenvalue weighted by molar-refractivity contribution is 4.98. The summed E-state index contributed by atoms with van der Waals surface area (Å²) in [5.74, 6) is 0.311. The quantitative estimate of drug-likeness (QED) is 0.536. The molecule has 2 unspecified atom stereocenters. The van der Waals surface area contributed by atoms with Gasteiger partial charge in [0.25, 0.3) is 0 Å². The van der Waals surface area contributed by atoms with Gasteiger partial charge < -0.3 is 19.4 Å². The van der Waals surface area contributed by atoms with Crippen molar-refractivity contribution in [3.8, 4) is 0 Å². The van der Waals surface area contributed by atoms with E-state index in [1.807, 2.05) is 12.1 Å². The van der Waals surface area contributed by atoms with Crippen molar-refractivity contribution in [2.75, 3.05) is 13.2 Å². The van der Waals surface area contributed by atoms with Crippen molar-refractivity contribution in [1.82, 2.24) is 0 Å². The lowest BCUT2D eigenvalue weighted by Crippen LogP contribution is -2.18. The van der Waals surface area contributed by atoms with Crippen molar-refractivity contribution in [2.24, 2.45) is 5.92 Å². The van der Waals surface area contributed by atoms with Gasteiger partial charge in [-0.25, -0.2) is 0 Å². The van der Waals surface area contributed by atoms with E-state index < -0.39 is 5.79 Å². The van der Waals surface area contributed by atoms with Crippen molar-refractivity contribution < 1.29 is 19.4 Å². The average Bonchev–Trinajstić information content (AvgIpc) is 2.77. The maximum atomic E-state index is 9.85. The lowest BCUT2D eigenvalue weighted by molar-refractivity contribution is -0.143. The standard InChI is InChI=1S/C13H20O4/c14-7-9-17-13(15)10-11(13)4-1-2-5-12-6-3-8-16-12/h3,6,8,11,14-15H,1-2,4-5,7,9-10H2. The first kappa shape index (κ1) is 12.6. The van der Waals surface area contributed by atoms with Crippen LogP contribution in [0.2, 0.25) is 0 Å². The summed E-state index contributed by atoms with van der Waals surface area (Å²) in [5.41, 5.74) is 0. The fourth-order valence-corrected chi connectivity index (χ4v) is 2.17. The molecule has 96 valence electrons. The molecule has 2 N–H and O–H groups in total. The Morgan fingerprint density at radius 2 is 2.35 bits per heavy atom. The lowest BCUT2D eigenvalue weighted by atomic mass is 10.1. The smallest absolute Gasteiger partial charge is 0.169 e. The van der Waals surface area contributed by atoms with Crippen LogP contribution in [0.25, 0.3) is 0 Å². The molecular formula is C13H20O4. The third kappa shape index (κ3) is 3.56. The van der Waals surface area contributed by atoms with Gasteiger partial charge in [-0.2, -0.15) is 0 Å². The molecule has 0 saturated heterocycles. The number of aryl methyl sites for hydroxylation is 1. The second-order valence-corrected chi connectivity index (χ2v) is 4.64. The van der Waals surface area contributed by atoms with Crippen LogP contribution in [0, 0.1) is 5.92 Å². The van der Waals surface area contributed by atoms with Crippen LogP contribution in [0.3, 0.4) is 0 Å². The number of rotatable bonds is 8. The average molecular weight is 240 g/mol. The van der Waals surface area contributed by atoms with Gasteiger partial charge in [0.2, 0.25) is 0 Å². The lowest BCUT2D eigenvalue weighted by Gasteiger charge is -2.10. The second-order valence-electron chi connectivity index (χ2n) is 4.64. The van der Waals surface area contributed by atoms with Crippen LogP contribution in [0.1, 0.15) is 31.4 Å². The highest BCUT2D eigenvalue weighted by atomic mass is 16.6. The first-order valence-electron chi connectivity index (χ1n) is 6.24. The summed E-state index contributed by atoms with van der Waals surface area (Å²) < 4.78 is 10.4. The van der Waals surface area contributed by atoms with Crippen molar-refractivity contribution in [2.45, 2.75) is 37.9 Å². The molecule has 0 spiro atoms. The van der Waals surface area contributed by atoms with E-state index in [-0.39, 0.29) is 19.1 Å². The van der Waals surface area contributed by atoms with E-state index in [0.29, 0.717) is 6.42 Å². The van der Waals surface area contributed by atoms with Crippen LogP contribution in [0.5, 0.6) is 0 Å². The number of ether oxygens (including phenoxy) is 1. The van der Waals surface area contributed by atoms with Crippen LogP contribution < -0.4 is 0 Å². The van der Waals surface area contributed by atoms with E-state index in [1.165, 1.54) is 0 Å². The molecule has 1 fully saturated rings. The molecule has 0 aromatic carbocycles. The number of furan rings is 1. The van der Waals surface area contributed by atoms with E-state index in [9.17, 15) is 5.11 Å². The minimum Gasteiger partial charge on any atom is -0.469 e. The van der Waals surface area contributed by atoms with Crippen molar-refractivity contribution in [1.29, 1.82) is 0 Å². The van der Waals surface area contributed by atoms with Gasteiger partial charge in [-0.05, 0) is 25.0 Å². The predicted octanol–water partition coefficient (Wildman–Crippen LogP) is 1.71. The van der Waals surface area contributed by atoms with Crippen LogP contribution in [0.15, 0.2) is 22.8 Å². The van der Waals surface area contributed by atoms with Crippen molar-refractivity contribution in [3.63, 3.8) is 0 Å². The molecule has 1 aromatic rings. The molecule has 17 heavy (non-hydrogen) atoms. The zero-order valence-corrected chi connectivity index (χ0v) is 9.97. The molecule has 2 atom stereocenters. The summed E-state index contributed by atoms with van der Waals surface area (Å²) in [4.78, 5) is 0.